The third kappa shape index (κ3) is 1.72. The predicted molar refractivity (Wildman–Crippen MR) is 45.1 cm³/mol. The van der Waals surface area contributed by atoms with Crippen molar-refractivity contribution >= 4 is 0 Å². The molecule has 3 fully saturated rings. The molecule has 2 unspecified atom stereocenters. The molecule has 0 radical (unpaired) electrons. The minimum absolute atomic E-state index is 0.919. The second kappa shape index (κ2) is 3.97. The molecule has 2 heterocycles. The molecular weight excluding hydrogens is 122 g/mol. The van der Waals surface area contributed by atoms with Crippen LogP contribution < -0.4 is 5.32 Å². The van der Waals surface area contributed by atoms with Gasteiger partial charge in [0.25, 0.3) is 0 Å². The Morgan fingerprint density at radius 2 is 1.40 bits per heavy atom. The Morgan fingerprint density at radius 3 is 1.80 bits per heavy atom. The molecule has 1 saturated carbocycles. The number of rotatable bonds is 0. The first-order valence-corrected chi connectivity index (χ1v) is 4.71. The molecule has 1 nitrogen and oxygen atoms in total. The summed E-state index contributed by atoms with van der Waals surface area (Å²) in [6.45, 7) is 4.00. The molecule has 3 aliphatic rings. The summed E-state index contributed by atoms with van der Waals surface area (Å²) in [4.78, 5) is 0. The highest BCUT2D eigenvalue weighted by atomic mass is 15.0. The Morgan fingerprint density at radius 1 is 1.00 bits per heavy atom. The van der Waals surface area contributed by atoms with E-state index in [4.69, 9.17) is 0 Å². The summed E-state index contributed by atoms with van der Waals surface area (Å²) in [5, 5.41) is 3.54. The van der Waals surface area contributed by atoms with Crippen LogP contribution in [0.15, 0.2) is 0 Å². The zero-order chi connectivity index (χ0) is 7.40. The maximum atomic E-state index is 3.54. The van der Waals surface area contributed by atoms with Gasteiger partial charge in [-0.1, -0.05) is 26.7 Å². The molecule has 3 rings (SSSR count). The Labute approximate surface area is 64.2 Å². The van der Waals surface area contributed by atoms with Gasteiger partial charge in [-0.2, -0.15) is 0 Å². The lowest BCUT2D eigenvalue weighted by molar-refractivity contribution is 0.269. The van der Waals surface area contributed by atoms with Gasteiger partial charge in [0.2, 0.25) is 0 Å². The van der Waals surface area contributed by atoms with Crippen LogP contribution in [-0.4, -0.2) is 12.1 Å². The molecule has 2 aliphatic heterocycles. The molecule has 1 heteroatoms. The lowest BCUT2D eigenvalue weighted by Gasteiger charge is -2.34. The van der Waals surface area contributed by atoms with Gasteiger partial charge >= 0.3 is 0 Å². The van der Waals surface area contributed by atoms with Crippen molar-refractivity contribution in [1.82, 2.24) is 5.32 Å². The molecule has 0 aromatic carbocycles. The van der Waals surface area contributed by atoms with E-state index in [1.54, 1.807) is 0 Å². The van der Waals surface area contributed by atoms with Crippen molar-refractivity contribution in [2.24, 2.45) is 0 Å². The second-order valence-electron chi connectivity index (χ2n) is 3.08. The summed E-state index contributed by atoms with van der Waals surface area (Å²) in [5.41, 5.74) is 0. The van der Waals surface area contributed by atoms with Crippen LogP contribution in [0.4, 0.5) is 0 Å². The summed E-state index contributed by atoms with van der Waals surface area (Å²) in [5.74, 6) is 0. The molecular formula is C9H19N. The molecule has 2 saturated heterocycles. The minimum atomic E-state index is 0.919. The molecule has 2 atom stereocenters. The zero-order valence-electron chi connectivity index (χ0n) is 7.19. The fourth-order valence-corrected chi connectivity index (χ4v) is 1.84. The van der Waals surface area contributed by atoms with Crippen LogP contribution >= 0.6 is 0 Å². The van der Waals surface area contributed by atoms with Gasteiger partial charge in [0.15, 0.2) is 0 Å². The first-order valence-electron chi connectivity index (χ1n) is 4.71. The van der Waals surface area contributed by atoms with Crippen molar-refractivity contribution < 1.29 is 0 Å². The van der Waals surface area contributed by atoms with E-state index in [9.17, 15) is 0 Å². The van der Waals surface area contributed by atoms with Gasteiger partial charge in [0.05, 0.1) is 0 Å². The zero-order valence-corrected chi connectivity index (χ0v) is 7.19. The molecule has 0 spiro atoms. The Bertz CT molecular complexity index is 69.2. The predicted octanol–water partition coefficient (Wildman–Crippen LogP) is 2.32. The summed E-state index contributed by atoms with van der Waals surface area (Å²) in [7, 11) is 0. The van der Waals surface area contributed by atoms with Crippen molar-refractivity contribution in [3.05, 3.63) is 0 Å². The smallest absolute Gasteiger partial charge is 0.00844 e. The summed E-state index contributed by atoms with van der Waals surface area (Å²) in [6, 6.07) is 1.84. The average Bonchev–Trinajstić information content (AvgIpc) is 2.22. The van der Waals surface area contributed by atoms with Crippen LogP contribution in [0.1, 0.15) is 46.0 Å². The highest BCUT2D eigenvalue weighted by Gasteiger charge is 2.29. The summed E-state index contributed by atoms with van der Waals surface area (Å²) >= 11 is 0. The lowest BCUT2D eigenvalue weighted by atomic mass is 9.96. The van der Waals surface area contributed by atoms with E-state index in [1.165, 1.54) is 32.1 Å². The Hall–Kier alpha value is -0.0400. The van der Waals surface area contributed by atoms with E-state index in [0.29, 0.717) is 0 Å². The second-order valence-corrected chi connectivity index (χ2v) is 3.08. The summed E-state index contributed by atoms with van der Waals surface area (Å²) < 4.78 is 0. The Balaban J connectivity index is 0.000000231. The third-order valence-corrected chi connectivity index (χ3v) is 2.40. The molecule has 2 bridgehead atoms. The monoisotopic (exact) mass is 141 g/mol. The van der Waals surface area contributed by atoms with E-state index in [1.807, 2.05) is 13.8 Å². The number of hydrogen-bond donors (Lipinski definition) is 1. The Kier molecular flexibility index (Phi) is 3.20. The van der Waals surface area contributed by atoms with Gasteiger partial charge in [-0.05, 0) is 19.3 Å². The number of hydrogen-bond acceptors (Lipinski definition) is 1. The molecule has 0 aromatic heterocycles. The van der Waals surface area contributed by atoms with Gasteiger partial charge in [-0.25, -0.2) is 0 Å². The van der Waals surface area contributed by atoms with Gasteiger partial charge < -0.3 is 5.32 Å². The van der Waals surface area contributed by atoms with E-state index in [0.717, 1.165) is 12.1 Å². The molecule has 0 aromatic rings. The first-order chi connectivity index (χ1) is 4.95. The topological polar surface area (TPSA) is 12.0 Å². The normalized spacial score (nSPS) is 36.6. The molecule has 1 N–H and O–H groups in total. The quantitative estimate of drug-likeness (QED) is 0.546. The summed E-state index contributed by atoms with van der Waals surface area (Å²) in [6.07, 6.45) is 7.29. The van der Waals surface area contributed by atoms with Gasteiger partial charge in [-0.15, -0.1) is 0 Å². The van der Waals surface area contributed by atoms with Crippen molar-refractivity contribution in [2.45, 2.75) is 58.0 Å². The van der Waals surface area contributed by atoms with Crippen molar-refractivity contribution in [3.8, 4) is 0 Å². The molecule has 1 aliphatic carbocycles. The highest BCUT2D eigenvalue weighted by molar-refractivity contribution is 4.90. The highest BCUT2D eigenvalue weighted by Crippen LogP contribution is 2.26. The van der Waals surface area contributed by atoms with Crippen LogP contribution in [0.25, 0.3) is 0 Å². The van der Waals surface area contributed by atoms with Crippen LogP contribution in [0, 0.1) is 0 Å². The van der Waals surface area contributed by atoms with Crippen LogP contribution in [0.2, 0.25) is 0 Å². The molecule has 0 amide bonds. The minimum Gasteiger partial charge on any atom is -0.311 e. The average molecular weight is 141 g/mol. The van der Waals surface area contributed by atoms with Crippen molar-refractivity contribution in [3.63, 3.8) is 0 Å². The third-order valence-electron chi connectivity index (χ3n) is 2.40. The number of fused-ring (bicyclic) bond motifs is 3. The van der Waals surface area contributed by atoms with E-state index in [-0.39, 0.29) is 0 Å². The molecule has 60 valence electrons. The lowest BCUT2D eigenvalue weighted by Crippen LogP contribution is -2.50. The number of nitrogens with one attached hydrogen (secondary N) is 1. The van der Waals surface area contributed by atoms with E-state index < -0.39 is 0 Å². The fourth-order valence-electron chi connectivity index (χ4n) is 1.84. The van der Waals surface area contributed by atoms with Gasteiger partial charge in [-0.3, -0.25) is 0 Å². The fraction of sp³-hybridized carbons (Fsp3) is 1.00. The van der Waals surface area contributed by atoms with Crippen LogP contribution in [0.5, 0.6) is 0 Å². The standard InChI is InChI=1S/C7H13N.C2H6/c1-2-4-7-5-6(3-1)8-7;1-2/h6-8H,1-5H2;1-2H3. The SMILES string of the molecule is C1CCC2CC(C1)N2.CC. The van der Waals surface area contributed by atoms with Gasteiger partial charge in [0, 0.05) is 12.1 Å². The van der Waals surface area contributed by atoms with Crippen molar-refractivity contribution in [1.29, 1.82) is 0 Å². The maximum absolute atomic E-state index is 3.54. The van der Waals surface area contributed by atoms with E-state index in [2.05, 4.69) is 5.32 Å². The molecule has 10 heavy (non-hydrogen) atoms. The van der Waals surface area contributed by atoms with E-state index >= 15 is 0 Å². The largest absolute Gasteiger partial charge is 0.311 e. The van der Waals surface area contributed by atoms with Gasteiger partial charge in [0.1, 0.15) is 0 Å². The van der Waals surface area contributed by atoms with Crippen molar-refractivity contribution in [2.75, 3.05) is 0 Å². The first kappa shape index (κ1) is 8.06. The van der Waals surface area contributed by atoms with Crippen LogP contribution in [0.3, 0.4) is 0 Å². The maximum Gasteiger partial charge on any atom is 0.00844 e. The van der Waals surface area contributed by atoms with Crippen LogP contribution in [-0.2, 0) is 0 Å².